The lowest BCUT2D eigenvalue weighted by Crippen LogP contribution is -2.06. The molecule has 0 unspecified atom stereocenters. The van der Waals surface area contributed by atoms with Crippen LogP contribution in [0.2, 0.25) is 0 Å². The second-order valence-electron chi connectivity index (χ2n) is 3.75. The summed E-state index contributed by atoms with van der Waals surface area (Å²) >= 11 is 0. The fraction of sp³-hybridized carbons (Fsp3) is 0.250. The summed E-state index contributed by atoms with van der Waals surface area (Å²) in [6.45, 7) is 1.62. The number of carboxylic acids is 1. The van der Waals surface area contributed by atoms with E-state index < -0.39 is 5.97 Å². The molecule has 1 aromatic carbocycles. The molecule has 0 spiro atoms. The maximum absolute atomic E-state index is 11.0. The molecule has 100 valence electrons. The van der Waals surface area contributed by atoms with Crippen molar-refractivity contribution in [3.63, 3.8) is 0 Å². The number of aromatic carboxylic acids is 1. The fourth-order valence-corrected chi connectivity index (χ4v) is 1.78. The van der Waals surface area contributed by atoms with Gasteiger partial charge in [0.05, 0.1) is 19.9 Å². The van der Waals surface area contributed by atoms with Crippen LogP contribution in [0.25, 0.3) is 5.69 Å². The van der Waals surface area contributed by atoms with E-state index in [1.165, 1.54) is 18.9 Å². The first-order valence-electron chi connectivity index (χ1n) is 5.47. The maximum atomic E-state index is 11.0. The van der Waals surface area contributed by atoms with Crippen LogP contribution in [-0.2, 0) is 0 Å². The average Bonchev–Trinajstić information content (AvgIpc) is 2.79. The molecule has 1 aromatic heterocycles. The van der Waals surface area contributed by atoms with E-state index in [2.05, 4.69) is 10.3 Å². The summed E-state index contributed by atoms with van der Waals surface area (Å²) < 4.78 is 11.9. The quantitative estimate of drug-likeness (QED) is 0.894. The molecule has 2 rings (SSSR count). The summed E-state index contributed by atoms with van der Waals surface area (Å²) in [6, 6.07) is 5.24. The molecule has 0 aliphatic carbocycles. The molecule has 7 nitrogen and oxygen atoms in total. The second kappa shape index (κ2) is 4.97. The third kappa shape index (κ3) is 2.10. The first kappa shape index (κ1) is 12.9. The van der Waals surface area contributed by atoms with Crippen LogP contribution in [0.4, 0.5) is 0 Å². The first-order chi connectivity index (χ1) is 9.10. The van der Waals surface area contributed by atoms with E-state index in [-0.39, 0.29) is 5.69 Å². The number of nitrogens with zero attached hydrogens (tertiary/aromatic N) is 3. The van der Waals surface area contributed by atoms with Crippen LogP contribution in [0.5, 0.6) is 11.5 Å². The van der Waals surface area contributed by atoms with Crippen molar-refractivity contribution in [1.29, 1.82) is 0 Å². The molecule has 0 amide bonds. The highest BCUT2D eigenvalue weighted by Crippen LogP contribution is 2.32. The molecular formula is C12H13N3O4. The second-order valence-corrected chi connectivity index (χ2v) is 3.75. The normalized spacial score (nSPS) is 10.3. The average molecular weight is 263 g/mol. The van der Waals surface area contributed by atoms with Gasteiger partial charge >= 0.3 is 5.97 Å². The van der Waals surface area contributed by atoms with Crippen LogP contribution in [0, 0.1) is 6.92 Å². The van der Waals surface area contributed by atoms with Gasteiger partial charge in [0.2, 0.25) is 0 Å². The molecule has 0 bridgehead atoms. The minimum Gasteiger partial charge on any atom is -0.494 e. The minimum atomic E-state index is -1.13. The number of carbonyl (C=O) groups is 1. The number of benzene rings is 1. The van der Waals surface area contributed by atoms with Gasteiger partial charge in [-0.15, -0.1) is 5.10 Å². The number of hydrogen-bond donors (Lipinski definition) is 1. The van der Waals surface area contributed by atoms with Gasteiger partial charge in [0, 0.05) is 0 Å². The van der Waals surface area contributed by atoms with E-state index in [1.807, 2.05) is 0 Å². The van der Waals surface area contributed by atoms with Crippen LogP contribution in [0.3, 0.4) is 0 Å². The zero-order valence-corrected chi connectivity index (χ0v) is 10.7. The number of rotatable bonds is 4. The molecule has 0 radical (unpaired) electrons. The van der Waals surface area contributed by atoms with Gasteiger partial charge in [-0.3, -0.25) is 0 Å². The number of aromatic nitrogens is 3. The van der Waals surface area contributed by atoms with Crippen molar-refractivity contribution in [2.75, 3.05) is 14.2 Å². The maximum Gasteiger partial charge on any atom is 0.358 e. The molecule has 0 aliphatic rings. The topological polar surface area (TPSA) is 86.5 Å². The van der Waals surface area contributed by atoms with E-state index in [1.54, 1.807) is 25.1 Å². The Morgan fingerprint density at radius 3 is 2.26 bits per heavy atom. The van der Waals surface area contributed by atoms with Gasteiger partial charge < -0.3 is 14.6 Å². The van der Waals surface area contributed by atoms with Crippen LogP contribution < -0.4 is 9.47 Å². The first-order valence-corrected chi connectivity index (χ1v) is 5.47. The van der Waals surface area contributed by atoms with Gasteiger partial charge in [-0.05, 0) is 19.1 Å². The van der Waals surface area contributed by atoms with Crippen molar-refractivity contribution in [2.24, 2.45) is 0 Å². The monoisotopic (exact) mass is 263 g/mol. The van der Waals surface area contributed by atoms with Crippen molar-refractivity contribution in [3.8, 4) is 17.2 Å². The summed E-state index contributed by atoms with van der Waals surface area (Å²) in [5.41, 5.74) is 0.813. The van der Waals surface area contributed by atoms with Crippen molar-refractivity contribution in [2.45, 2.75) is 6.92 Å². The Kier molecular flexibility index (Phi) is 3.37. The Morgan fingerprint density at radius 2 is 1.84 bits per heavy atom. The summed E-state index contributed by atoms with van der Waals surface area (Å²) in [4.78, 5) is 11.0. The van der Waals surface area contributed by atoms with Crippen LogP contribution in [-0.4, -0.2) is 40.3 Å². The minimum absolute atomic E-state index is 0.104. The smallest absolute Gasteiger partial charge is 0.358 e. The van der Waals surface area contributed by atoms with Crippen molar-refractivity contribution < 1.29 is 19.4 Å². The molecule has 7 heteroatoms. The Morgan fingerprint density at radius 1 is 1.26 bits per heavy atom. The lowest BCUT2D eigenvalue weighted by Gasteiger charge is -2.13. The predicted molar refractivity (Wildman–Crippen MR) is 66.2 cm³/mol. The highest BCUT2D eigenvalue weighted by atomic mass is 16.5. The highest BCUT2D eigenvalue weighted by Gasteiger charge is 2.20. The van der Waals surface area contributed by atoms with E-state index in [9.17, 15) is 4.79 Å². The zero-order valence-electron chi connectivity index (χ0n) is 10.7. The van der Waals surface area contributed by atoms with Crippen molar-refractivity contribution in [1.82, 2.24) is 15.0 Å². The summed E-state index contributed by atoms with van der Waals surface area (Å²) in [5, 5.41) is 16.5. The van der Waals surface area contributed by atoms with Gasteiger partial charge in [0.15, 0.2) is 11.4 Å². The molecule has 19 heavy (non-hydrogen) atoms. The van der Waals surface area contributed by atoms with E-state index >= 15 is 0 Å². The highest BCUT2D eigenvalue weighted by molar-refractivity contribution is 5.86. The molecule has 0 fully saturated rings. The molecule has 0 aliphatic heterocycles. The lowest BCUT2D eigenvalue weighted by molar-refractivity contribution is 0.0689. The molecule has 1 N–H and O–H groups in total. The molecule has 1 heterocycles. The van der Waals surface area contributed by atoms with Crippen molar-refractivity contribution in [3.05, 3.63) is 29.6 Å². The third-order valence-corrected chi connectivity index (χ3v) is 2.71. The molecule has 2 aromatic rings. The third-order valence-electron chi connectivity index (χ3n) is 2.71. The van der Waals surface area contributed by atoms with Gasteiger partial charge in [0.25, 0.3) is 0 Å². The lowest BCUT2D eigenvalue weighted by atomic mass is 10.2. The Labute approximate surface area is 109 Å². The number of methoxy groups -OCH3 is 2. The van der Waals surface area contributed by atoms with Crippen molar-refractivity contribution >= 4 is 5.97 Å². The Balaban J connectivity index is 2.68. The fourth-order valence-electron chi connectivity index (χ4n) is 1.78. The zero-order chi connectivity index (χ0) is 14.0. The Bertz CT molecular complexity index is 599. The number of carboxylic acid groups (broad SMARTS) is 1. The predicted octanol–water partition coefficient (Wildman–Crippen LogP) is 1.29. The Hall–Kier alpha value is -2.57. The number of para-hydroxylation sites is 1. The molecular weight excluding hydrogens is 250 g/mol. The van der Waals surface area contributed by atoms with Crippen LogP contribution in [0.15, 0.2) is 18.2 Å². The van der Waals surface area contributed by atoms with Gasteiger partial charge in [0.1, 0.15) is 11.5 Å². The summed E-state index contributed by atoms with van der Waals surface area (Å²) in [5.74, 6) is -0.0915. The molecule has 0 atom stereocenters. The van der Waals surface area contributed by atoms with E-state index in [0.29, 0.717) is 22.9 Å². The standard InChI is InChI=1S/C12H13N3O4/c1-7-10(12(16)17)13-14-15(7)11-8(18-2)5-4-6-9(11)19-3/h4-6H,1-3H3,(H,16,17). The van der Waals surface area contributed by atoms with E-state index in [4.69, 9.17) is 14.6 Å². The molecule has 0 saturated heterocycles. The summed E-state index contributed by atoms with van der Waals surface area (Å²) in [6.07, 6.45) is 0. The van der Waals surface area contributed by atoms with Crippen LogP contribution in [0.1, 0.15) is 16.2 Å². The van der Waals surface area contributed by atoms with Crippen LogP contribution >= 0.6 is 0 Å². The molecule has 0 saturated carbocycles. The largest absolute Gasteiger partial charge is 0.494 e. The summed E-state index contributed by atoms with van der Waals surface area (Å²) in [7, 11) is 3.03. The van der Waals surface area contributed by atoms with E-state index in [0.717, 1.165) is 0 Å². The SMILES string of the molecule is COc1cccc(OC)c1-n1nnc(C(=O)O)c1C. The van der Waals surface area contributed by atoms with Gasteiger partial charge in [-0.1, -0.05) is 11.3 Å². The number of ether oxygens (including phenoxy) is 2. The van der Waals surface area contributed by atoms with Gasteiger partial charge in [-0.2, -0.15) is 0 Å². The van der Waals surface area contributed by atoms with Gasteiger partial charge in [-0.25, -0.2) is 9.48 Å². The number of hydrogen-bond acceptors (Lipinski definition) is 5.